The molecule has 1 saturated carbocycles. The van der Waals surface area contributed by atoms with Crippen molar-refractivity contribution in [2.75, 3.05) is 0 Å². The topological polar surface area (TPSA) is 0 Å². The fourth-order valence-electron chi connectivity index (χ4n) is 12.1. The van der Waals surface area contributed by atoms with E-state index in [0.29, 0.717) is 0 Å². The Morgan fingerprint density at radius 2 is 0.607 bits per heavy atom. The van der Waals surface area contributed by atoms with Gasteiger partial charge >= 0.3 is 0 Å². The van der Waals surface area contributed by atoms with Gasteiger partial charge in [-0.15, -0.1) is 0 Å². The van der Waals surface area contributed by atoms with E-state index in [0.717, 1.165) is 0 Å². The Morgan fingerprint density at radius 3 is 1.07 bits per heavy atom. The highest BCUT2D eigenvalue weighted by Crippen LogP contribution is 2.58. The van der Waals surface area contributed by atoms with Gasteiger partial charge in [0, 0.05) is 5.41 Å². The van der Waals surface area contributed by atoms with Crippen LogP contribution < -0.4 is 0 Å². The van der Waals surface area contributed by atoms with Crippen LogP contribution in [-0.2, 0) is 5.41 Å². The molecule has 0 aliphatic heterocycles. The molecule has 1 spiro atoms. The SMILES string of the molecule is c1cc(-c2ccc3c(c2)C2(CCCC2)c2cc(-c4cccc(-c5ccc6ccc7cccc8ccc5c6c78)c4)ccc2-3)cc(-c2ccc3ccc4cccc5ccc2c3c45)c1. The van der Waals surface area contributed by atoms with Crippen molar-refractivity contribution >= 4 is 64.6 Å². The summed E-state index contributed by atoms with van der Waals surface area (Å²) >= 11 is 0. The maximum Gasteiger partial charge on any atom is 0.0215 e. The van der Waals surface area contributed by atoms with Gasteiger partial charge in [-0.2, -0.15) is 0 Å². The smallest absolute Gasteiger partial charge is 0.0215 e. The second-order valence-corrected chi connectivity index (χ2v) is 17.9. The summed E-state index contributed by atoms with van der Waals surface area (Å²) in [7, 11) is 0. The van der Waals surface area contributed by atoms with Crippen LogP contribution in [0.3, 0.4) is 0 Å². The summed E-state index contributed by atoms with van der Waals surface area (Å²) in [5.74, 6) is 0. The van der Waals surface area contributed by atoms with Gasteiger partial charge in [-0.05, 0) is 169 Å². The Labute approximate surface area is 355 Å². The summed E-state index contributed by atoms with van der Waals surface area (Å²) in [6, 6.07) is 74.1. The van der Waals surface area contributed by atoms with Crippen molar-refractivity contribution in [3.05, 3.63) is 205 Å². The van der Waals surface area contributed by atoms with Gasteiger partial charge in [-0.1, -0.05) is 183 Å². The monoisotopic (exact) mass is 772 g/mol. The zero-order valence-corrected chi connectivity index (χ0v) is 33.8. The van der Waals surface area contributed by atoms with E-state index in [9.17, 15) is 0 Å². The van der Waals surface area contributed by atoms with Gasteiger partial charge in [0.15, 0.2) is 0 Å². The highest BCUT2D eigenvalue weighted by atomic mass is 14.5. The third kappa shape index (κ3) is 4.71. The molecule has 12 aromatic carbocycles. The van der Waals surface area contributed by atoms with Gasteiger partial charge in [-0.25, -0.2) is 0 Å². The van der Waals surface area contributed by atoms with Crippen molar-refractivity contribution in [1.29, 1.82) is 0 Å². The Bertz CT molecular complexity index is 3490. The maximum atomic E-state index is 2.55. The lowest BCUT2D eigenvalue weighted by atomic mass is 9.75. The maximum absolute atomic E-state index is 2.55. The molecule has 0 bridgehead atoms. The molecule has 0 amide bonds. The molecule has 2 aliphatic rings. The van der Waals surface area contributed by atoms with Crippen LogP contribution in [0.1, 0.15) is 36.8 Å². The molecule has 0 heteroatoms. The third-order valence-electron chi connectivity index (χ3n) is 14.9. The second-order valence-electron chi connectivity index (χ2n) is 17.9. The first-order valence-corrected chi connectivity index (χ1v) is 22.0. The van der Waals surface area contributed by atoms with Crippen LogP contribution in [0.25, 0.3) is 120 Å². The first kappa shape index (κ1) is 33.5. The Hall–Kier alpha value is -7.28. The van der Waals surface area contributed by atoms with Crippen LogP contribution >= 0.6 is 0 Å². The summed E-state index contributed by atoms with van der Waals surface area (Å²) in [6.45, 7) is 0. The summed E-state index contributed by atoms with van der Waals surface area (Å²) in [5.41, 5.74) is 16.2. The van der Waals surface area contributed by atoms with Gasteiger partial charge in [-0.3, -0.25) is 0 Å². The van der Waals surface area contributed by atoms with Gasteiger partial charge in [0.05, 0.1) is 0 Å². The lowest BCUT2D eigenvalue weighted by Crippen LogP contribution is -2.20. The van der Waals surface area contributed by atoms with E-state index in [1.54, 1.807) is 0 Å². The summed E-state index contributed by atoms with van der Waals surface area (Å²) in [6.07, 6.45) is 4.93. The fourth-order valence-corrected chi connectivity index (χ4v) is 12.1. The van der Waals surface area contributed by atoms with E-state index < -0.39 is 0 Å². The molecule has 14 rings (SSSR count). The molecule has 0 nitrogen and oxygen atoms in total. The Balaban J connectivity index is 0.850. The first-order chi connectivity index (χ1) is 30.2. The molecule has 0 N–H and O–H groups in total. The van der Waals surface area contributed by atoms with Crippen molar-refractivity contribution in [1.82, 2.24) is 0 Å². The zero-order valence-electron chi connectivity index (χ0n) is 33.8. The molecular formula is C61H40. The lowest BCUT2D eigenvalue weighted by Gasteiger charge is -2.27. The molecular weight excluding hydrogens is 733 g/mol. The quantitative estimate of drug-likeness (QED) is 0.156. The average molecular weight is 773 g/mol. The normalized spacial score (nSPS) is 14.4. The van der Waals surface area contributed by atoms with Crippen molar-refractivity contribution < 1.29 is 0 Å². The van der Waals surface area contributed by atoms with Crippen LogP contribution in [0.2, 0.25) is 0 Å². The number of benzene rings is 12. The van der Waals surface area contributed by atoms with Crippen molar-refractivity contribution in [2.24, 2.45) is 0 Å². The molecule has 61 heavy (non-hydrogen) atoms. The number of rotatable bonds is 4. The molecule has 1 fully saturated rings. The van der Waals surface area contributed by atoms with Crippen LogP contribution in [0, 0.1) is 0 Å². The van der Waals surface area contributed by atoms with Gasteiger partial charge in [0.1, 0.15) is 0 Å². The van der Waals surface area contributed by atoms with Crippen molar-refractivity contribution in [3.8, 4) is 55.6 Å². The molecule has 0 saturated heterocycles. The predicted molar refractivity (Wildman–Crippen MR) is 260 cm³/mol. The van der Waals surface area contributed by atoms with Crippen molar-refractivity contribution in [3.63, 3.8) is 0 Å². The van der Waals surface area contributed by atoms with Crippen LogP contribution in [0.5, 0.6) is 0 Å². The van der Waals surface area contributed by atoms with Crippen LogP contribution in [0.4, 0.5) is 0 Å². The zero-order chi connectivity index (χ0) is 39.8. The van der Waals surface area contributed by atoms with E-state index in [1.165, 1.54) is 157 Å². The van der Waals surface area contributed by atoms with Gasteiger partial charge < -0.3 is 0 Å². The predicted octanol–water partition coefficient (Wildman–Crippen LogP) is 17.0. The van der Waals surface area contributed by atoms with E-state index in [2.05, 4.69) is 194 Å². The molecule has 2 aliphatic carbocycles. The van der Waals surface area contributed by atoms with Crippen LogP contribution in [0.15, 0.2) is 194 Å². The molecule has 0 unspecified atom stereocenters. The first-order valence-electron chi connectivity index (χ1n) is 22.0. The molecule has 0 heterocycles. The fraction of sp³-hybridized carbons (Fsp3) is 0.0820. The van der Waals surface area contributed by atoms with E-state index in [1.807, 2.05) is 0 Å². The van der Waals surface area contributed by atoms with Gasteiger partial charge in [0.25, 0.3) is 0 Å². The second kappa shape index (κ2) is 12.4. The summed E-state index contributed by atoms with van der Waals surface area (Å²) in [5, 5.41) is 16.0. The minimum Gasteiger partial charge on any atom is -0.0610 e. The highest BCUT2D eigenvalue weighted by molar-refractivity contribution is 6.26. The van der Waals surface area contributed by atoms with E-state index >= 15 is 0 Å². The summed E-state index contributed by atoms with van der Waals surface area (Å²) < 4.78 is 0. The number of fused-ring (bicyclic) bond motifs is 5. The minimum atomic E-state index is 0.0457. The highest BCUT2D eigenvalue weighted by Gasteiger charge is 2.45. The number of hydrogen-bond acceptors (Lipinski definition) is 0. The molecule has 284 valence electrons. The van der Waals surface area contributed by atoms with E-state index in [4.69, 9.17) is 0 Å². The number of hydrogen-bond donors (Lipinski definition) is 0. The summed E-state index contributed by atoms with van der Waals surface area (Å²) in [4.78, 5) is 0. The largest absolute Gasteiger partial charge is 0.0610 e. The lowest BCUT2D eigenvalue weighted by molar-refractivity contribution is 0.550. The molecule has 12 aromatic rings. The van der Waals surface area contributed by atoms with Crippen molar-refractivity contribution in [2.45, 2.75) is 31.1 Å². The Morgan fingerprint density at radius 1 is 0.262 bits per heavy atom. The molecule has 0 aromatic heterocycles. The molecule has 0 atom stereocenters. The average Bonchev–Trinajstić information content (AvgIpc) is 3.93. The standard InChI is InChI=1S/C61H40/c1-2-32-61(31-1)55-35-45(43-11-5-13-47(33-43)49-25-19-41-17-15-37-7-3-9-39-21-29-53(49)59(41)57(37)39)23-27-51(55)52-28-24-46(36-56(52)61)44-12-6-14-48(34-44)50-26-20-42-18-16-38-8-4-10-40-22-30-54(50)60(42)58(38)40/h3-30,33-36H,1-2,31-32H2. The minimum absolute atomic E-state index is 0.0457. The molecule has 0 radical (unpaired) electrons. The Kier molecular flexibility index (Phi) is 6.81. The third-order valence-corrected chi connectivity index (χ3v) is 14.9. The van der Waals surface area contributed by atoms with Gasteiger partial charge in [0.2, 0.25) is 0 Å². The van der Waals surface area contributed by atoms with E-state index in [-0.39, 0.29) is 5.41 Å². The van der Waals surface area contributed by atoms with Crippen LogP contribution in [-0.4, -0.2) is 0 Å².